The summed E-state index contributed by atoms with van der Waals surface area (Å²) in [5.41, 5.74) is 1.97. The van der Waals surface area contributed by atoms with Crippen LogP contribution in [-0.2, 0) is 22.7 Å². The number of carbonyl (C=O) groups is 1. The molecule has 7 nitrogen and oxygen atoms in total. The third-order valence-corrected chi connectivity index (χ3v) is 4.30. The number of hydrogen-bond donors (Lipinski definition) is 0. The Morgan fingerprint density at radius 2 is 2.26 bits per heavy atom. The van der Waals surface area contributed by atoms with Crippen LogP contribution in [0, 0.1) is 6.92 Å². The maximum absolute atomic E-state index is 12.0. The molecule has 27 heavy (non-hydrogen) atoms. The molecule has 0 N–H and O–H groups in total. The summed E-state index contributed by atoms with van der Waals surface area (Å²) in [5.74, 6) is 0.531. The van der Waals surface area contributed by atoms with Gasteiger partial charge in [0.2, 0.25) is 5.76 Å². The molecule has 0 aliphatic rings. The molecule has 8 heteroatoms. The van der Waals surface area contributed by atoms with Crippen molar-refractivity contribution in [1.29, 1.82) is 0 Å². The highest BCUT2D eigenvalue weighted by Crippen LogP contribution is 2.22. The Bertz CT molecular complexity index is 925. The highest BCUT2D eigenvalue weighted by Gasteiger charge is 2.12. The van der Waals surface area contributed by atoms with Crippen LogP contribution in [0.5, 0.6) is 0 Å². The fourth-order valence-electron chi connectivity index (χ4n) is 2.47. The van der Waals surface area contributed by atoms with Crippen molar-refractivity contribution < 1.29 is 18.5 Å². The molecule has 0 atom stereocenters. The van der Waals surface area contributed by atoms with Crippen LogP contribution in [0.2, 0.25) is 5.15 Å². The maximum atomic E-state index is 12.0. The second-order valence-corrected chi connectivity index (χ2v) is 6.33. The summed E-state index contributed by atoms with van der Waals surface area (Å²) in [5, 5.41) is 8.77. The SMILES string of the molecule is CCCCn1nc(C)c(/C=C/C(=O)OCc2cc(-c3ccco3)on2)c1Cl. The molecule has 0 saturated carbocycles. The van der Waals surface area contributed by atoms with Crippen LogP contribution in [0.1, 0.15) is 36.7 Å². The standard InChI is InChI=1S/C19H20ClN3O4/c1-3-4-9-23-19(20)15(13(2)21-23)7-8-18(24)26-12-14-11-17(27-22-14)16-6-5-10-25-16/h5-8,10-11H,3-4,9,12H2,1-2H3/b8-7+. The number of carbonyl (C=O) groups excluding carboxylic acids is 1. The fraction of sp³-hybridized carbons (Fsp3) is 0.316. The zero-order chi connectivity index (χ0) is 19.2. The summed E-state index contributed by atoms with van der Waals surface area (Å²) in [4.78, 5) is 12.0. The molecule has 0 fully saturated rings. The van der Waals surface area contributed by atoms with Crippen molar-refractivity contribution in [2.75, 3.05) is 0 Å². The number of rotatable bonds is 8. The summed E-state index contributed by atoms with van der Waals surface area (Å²) in [7, 11) is 0. The summed E-state index contributed by atoms with van der Waals surface area (Å²) in [6.45, 7) is 4.70. The van der Waals surface area contributed by atoms with Crippen LogP contribution in [0.4, 0.5) is 0 Å². The van der Waals surface area contributed by atoms with Crippen molar-refractivity contribution in [3.8, 4) is 11.5 Å². The van der Waals surface area contributed by atoms with E-state index in [1.165, 1.54) is 6.08 Å². The molecule has 0 spiro atoms. The smallest absolute Gasteiger partial charge is 0.331 e. The molecule has 0 unspecified atom stereocenters. The first-order chi connectivity index (χ1) is 13.1. The second kappa shape index (κ2) is 8.73. The number of ether oxygens (including phenoxy) is 1. The second-order valence-electron chi connectivity index (χ2n) is 5.97. The van der Waals surface area contributed by atoms with Gasteiger partial charge in [0.15, 0.2) is 5.76 Å². The van der Waals surface area contributed by atoms with E-state index in [9.17, 15) is 4.79 Å². The Balaban J connectivity index is 1.57. The van der Waals surface area contributed by atoms with E-state index >= 15 is 0 Å². The summed E-state index contributed by atoms with van der Waals surface area (Å²) in [6, 6.07) is 5.17. The predicted molar refractivity (Wildman–Crippen MR) is 99.9 cm³/mol. The number of hydrogen-bond acceptors (Lipinski definition) is 6. The van der Waals surface area contributed by atoms with Gasteiger partial charge in [-0.1, -0.05) is 30.1 Å². The van der Waals surface area contributed by atoms with Gasteiger partial charge in [-0.2, -0.15) is 5.10 Å². The fourth-order valence-corrected chi connectivity index (χ4v) is 2.79. The van der Waals surface area contributed by atoms with Gasteiger partial charge in [0.05, 0.1) is 12.0 Å². The molecule has 0 aliphatic heterocycles. The largest absolute Gasteiger partial charge is 0.461 e. The van der Waals surface area contributed by atoms with Crippen LogP contribution < -0.4 is 0 Å². The molecule has 3 aromatic rings. The van der Waals surface area contributed by atoms with E-state index in [1.807, 2.05) is 6.92 Å². The molecule has 0 radical (unpaired) electrons. The molecule has 0 amide bonds. The van der Waals surface area contributed by atoms with E-state index in [2.05, 4.69) is 17.2 Å². The van der Waals surface area contributed by atoms with Gasteiger partial charge in [-0.15, -0.1) is 0 Å². The topological polar surface area (TPSA) is 83.3 Å². The lowest BCUT2D eigenvalue weighted by molar-refractivity contribution is -0.139. The number of esters is 1. The van der Waals surface area contributed by atoms with Gasteiger partial charge in [0.25, 0.3) is 0 Å². The number of halogens is 1. The Morgan fingerprint density at radius 1 is 1.41 bits per heavy atom. The summed E-state index contributed by atoms with van der Waals surface area (Å²) < 4.78 is 17.3. The number of nitrogens with zero attached hydrogens (tertiary/aromatic N) is 3. The lowest BCUT2D eigenvalue weighted by Crippen LogP contribution is -2.01. The molecule has 0 aliphatic carbocycles. The van der Waals surface area contributed by atoms with Crippen LogP contribution in [-0.4, -0.2) is 20.9 Å². The quantitative estimate of drug-likeness (QED) is 0.412. The zero-order valence-corrected chi connectivity index (χ0v) is 15.9. The van der Waals surface area contributed by atoms with Crippen LogP contribution >= 0.6 is 11.6 Å². The van der Waals surface area contributed by atoms with Crippen molar-refractivity contribution in [1.82, 2.24) is 14.9 Å². The summed E-state index contributed by atoms with van der Waals surface area (Å²) >= 11 is 6.34. The van der Waals surface area contributed by atoms with Crippen molar-refractivity contribution in [2.45, 2.75) is 39.8 Å². The van der Waals surface area contributed by atoms with Crippen molar-refractivity contribution in [3.05, 3.63) is 52.6 Å². The average Bonchev–Trinajstić information content (AvgIpc) is 3.38. The Kier molecular flexibility index (Phi) is 6.13. The number of unbranched alkanes of at least 4 members (excludes halogenated alkanes) is 1. The lowest BCUT2D eigenvalue weighted by Gasteiger charge is -2.00. The highest BCUT2D eigenvalue weighted by atomic mass is 35.5. The molecule has 3 heterocycles. The van der Waals surface area contributed by atoms with Crippen LogP contribution in [0.25, 0.3) is 17.6 Å². The van der Waals surface area contributed by atoms with Crippen LogP contribution in [0.15, 0.2) is 39.5 Å². The van der Waals surface area contributed by atoms with Gasteiger partial charge in [0.1, 0.15) is 17.5 Å². The average molecular weight is 390 g/mol. The van der Waals surface area contributed by atoms with Crippen molar-refractivity contribution in [2.24, 2.45) is 0 Å². The van der Waals surface area contributed by atoms with Gasteiger partial charge in [0, 0.05) is 24.3 Å². The minimum absolute atomic E-state index is 0.00411. The number of aryl methyl sites for hydroxylation is 2. The Labute approximate surface area is 161 Å². The zero-order valence-electron chi connectivity index (χ0n) is 15.1. The van der Waals surface area contributed by atoms with E-state index in [1.54, 1.807) is 35.2 Å². The van der Waals surface area contributed by atoms with Crippen molar-refractivity contribution >= 4 is 23.6 Å². The van der Waals surface area contributed by atoms with Gasteiger partial charge in [-0.05, 0) is 31.6 Å². The monoisotopic (exact) mass is 389 g/mol. The predicted octanol–water partition coefficient (Wildman–Crippen LogP) is 4.65. The van der Waals surface area contributed by atoms with Gasteiger partial charge < -0.3 is 13.7 Å². The maximum Gasteiger partial charge on any atom is 0.331 e. The molecule has 0 bridgehead atoms. The third kappa shape index (κ3) is 4.68. The highest BCUT2D eigenvalue weighted by molar-refractivity contribution is 6.31. The molecule has 0 saturated heterocycles. The summed E-state index contributed by atoms with van der Waals surface area (Å²) in [6.07, 6.45) is 6.53. The van der Waals surface area contributed by atoms with Crippen molar-refractivity contribution in [3.63, 3.8) is 0 Å². The van der Waals surface area contributed by atoms with E-state index < -0.39 is 5.97 Å². The van der Waals surface area contributed by atoms with Gasteiger partial charge in [-0.25, -0.2) is 4.79 Å². The molecular formula is C19H20ClN3O4. The molecule has 0 aromatic carbocycles. The normalized spacial score (nSPS) is 11.4. The lowest BCUT2D eigenvalue weighted by atomic mass is 10.2. The number of furan rings is 1. The first-order valence-corrected chi connectivity index (χ1v) is 9.03. The van der Waals surface area contributed by atoms with Crippen LogP contribution in [0.3, 0.4) is 0 Å². The Hall–Kier alpha value is -2.80. The van der Waals surface area contributed by atoms with E-state index in [0.717, 1.165) is 25.1 Å². The number of aromatic nitrogens is 3. The minimum atomic E-state index is -0.505. The Morgan fingerprint density at radius 3 is 3.00 bits per heavy atom. The first-order valence-electron chi connectivity index (χ1n) is 8.65. The molecule has 3 aromatic heterocycles. The molecule has 3 rings (SSSR count). The van der Waals surface area contributed by atoms with E-state index in [-0.39, 0.29) is 6.61 Å². The van der Waals surface area contributed by atoms with Gasteiger partial charge >= 0.3 is 5.97 Å². The first kappa shape index (κ1) is 19.0. The molecular weight excluding hydrogens is 370 g/mol. The van der Waals surface area contributed by atoms with Gasteiger partial charge in [-0.3, -0.25) is 4.68 Å². The molecule has 142 valence electrons. The van der Waals surface area contributed by atoms with E-state index in [4.69, 9.17) is 25.3 Å². The third-order valence-electron chi connectivity index (χ3n) is 3.90. The minimum Gasteiger partial charge on any atom is -0.461 e. The van der Waals surface area contributed by atoms with E-state index in [0.29, 0.717) is 27.9 Å².